The molecule has 3 nitrogen and oxygen atoms in total. The Morgan fingerprint density at radius 1 is 1.30 bits per heavy atom. The van der Waals surface area contributed by atoms with Crippen molar-refractivity contribution in [2.45, 2.75) is 19.8 Å². The molecular formula is C6H17N2OP. The van der Waals surface area contributed by atoms with Gasteiger partial charge in [0.05, 0.1) is 0 Å². The first-order valence-corrected chi connectivity index (χ1v) is 5.55. The second kappa shape index (κ2) is 4.89. The lowest BCUT2D eigenvalue weighted by molar-refractivity contribution is 0.559. The summed E-state index contributed by atoms with van der Waals surface area (Å²) in [6.45, 7) is 2.09. The van der Waals surface area contributed by atoms with Gasteiger partial charge in [0.2, 0.25) is 7.44 Å². The lowest BCUT2D eigenvalue weighted by Crippen LogP contribution is -2.17. The van der Waals surface area contributed by atoms with Gasteiger partial charge >= 0.3 is 0 Å². The van der Waals surface area contributed by atoms with E-state index in [2.05, 4.69) is 17.1 Å². The molecule has 0 aliphatic carbocycles. The molecule has 0 fully saturated rings. The Balaban J connectivity index is 3.70. The van der Waals surface area contributed by atoms with E-state index in [1.165, 1.54) is 0 Å². The molecule has 0 aliphatic heterocycles. The van der Waals surface area contributed by atoms with Gasteiger partial charge in [0.25, 0.3) is 0 Å². The zero-order valence-corrected chi connectivity index (χ0v) is 7.87. The Hall–Kier alpha value is 0.150. The number of rotatable bonds is 5. The minimum absolute atomic E-state index is 0.747. The molecule has 0 aromatic heterocycles. The monoisotopic (exact) mass is 164 g/mol. The van der Waals surface area contributed by atoms with Crippen LogP contribution in [0.5, 0.6) is 0 Å². The summed E-state index contributed by atoms with van der Waals surface area (Å²) in [4.78, 5) is 0. The van der Waals surface area contributed by atoms with Crippen LogP contribution < -0.4 is 10.2 Å². The Kier molecular flexibility index (Phi) is 4.96. The number of nitrogens with one attached hydrogen (secondary N) is 2. The van der Waals surface area contributed by atoms with Crippen LogP contribution in [0.25, 0.3) is 0 Å². The molecule has 0 bridgehead atoms. The number of hydrogen-bond donors (Lipinski definition) is 2. The van der Waals surface area contributed by atoms with Gasteiger partial charge in [-0.05, 0) is 20.5 Å². The standard InChI is InChI=1S/C6H17N2OP/c1-4-5-6-10(9,7-2)8-3/h4-6H2,1-3H3,(H2,7,8,9). The van der Waals surface area contributed by atoms with Crippen molar-refractivity contribution in [3.63, 3.8) is 0 Å². The third-order valence-corrected chi connectivity index (χ3v) is 3.94. The average molecular weight is 164 g/mol. The molecule has 0 aromatic carbocycles. The first-order chi connectivity index (χ1) is 4.68. The maximum absolute atomic E-state index is 11.5. The molecule has 0 radical (unpaired) electrons. The largest absolute Gasteiger partial charge is 0.289 e. The van der Waals surface area contributed by atoms with Crippen LogP contribution in [0.3, 0.4) is 0 Å². The van der Waals surface area contributed by atoms with Crippen molar-refractivity contribution >= 4 is 7.44 Å². The van der Waals surface area contributed by atoms with Crippen LogP contribution in [0.1, 0.15) is 19.8 Å². The minimum Gasteiger partial charge on any atom is -0.289 e. The Morgan fingerprint density at radius 2 is 1.80 bits per heavy atom. The van der Waals surface area contributed by atoms with Crippen LogP contribution in [0, 0.1) is 0 Å². The zero-order valence-electron chi connectivity index (χ0n) is 6.98. The summed E-state index contributed by atoms with van der Waals surface area (Å²) in [5, 5.41) is 5.61. The van der Waals surface area contributed by atoms with E-state index in [9.17, 15) is 4.57 Å². The third-order valence-electron chi connectivity index (χ3n) is 1.55. The van der Waals surface area contributed by atoms with Crippen molar-refractivity contribution in [3.05, 3.63) is 0 Å². The summed E-state index contributed by atoms with van der Waals surface area (Å²) < 4.78 is 11.5. The first kappa shape index (κ1) is 10.2. The predicted octanol–water partition coefficient (Wildman–Crippen LogP) is 1.42. The van der Waals surface area contributed by atoms with E-state index in [0.29, 0.717) is 0 Å². The quantitative estimate of drug-likeness (QED) is 0.604. The molecule has 0 spiro atoms. The van der Waals surface area contributed by atoms with Gasteiger partial charge in [-0.2, -0.15) is 0 Å². The van der Waals surface area contributed by atoms with Crippen molar-refractivity contribution in [2.24, 2.45) is 0 Å². The van der Waals surface area contributed by atoms with Crippen molar-refractivity contribution in [1.29, 1.82) is 0 Å². The summed E-state index contributed by atoms with van der Waals surface area (Å²) >= 11 is 0. The molecule has 0 heterocycles. The fourth-order valence-electron chi connectivity index (χ4n) is 0.716. The van der Waals surface area contributed by atoms with Crippen molar-refractivity contribution in [3.8, 4) is 0 Å². The van der Waals surface area contributed by atoms with Gasteiger partial charge in [-0.1, -0.05) is 13.3 Å². The zero-order chi connectivity index (χ0) is 8.04. The van der Waals surface area contributed by atoms with Gasteiger partial charge in [0.15, 0.2) is 0 Å². The van der Waals surface area contributed by atoms with Gasteiger partial charge in [-0.15, -0.1) is 0 Å². The Labute approximate surface area is 63.1 Å². The van der Waals surface area contributed by atoms with Gasteiger partial charge < -0.3 is 0 Å². The second-order valence-corrected chi connectivity index (χ2v) is 5.09. The van der Waals surface area contributed by atoms with Crippen LogP contribution in [-0.4, -0.2) is 20.3 Å². The van der Waals surface area contributed by atoms with Gasteiger partial charge in [0.1, 0.15) is 0 Å². The van der Waals surface area contributed by atoms with Crippen LogP contribution in [-0.2, 0) is 4.57 Å². The highest BCUT2D eigenvalue weighted by Gasteiger charge is 2.14. The first-order valence-electron chi connectivity index (χ1n) is 3.65. The highest BCUT2D eigenvalue weighted by Crippen LogP contribution is 2.34. The predicted molar refractivity (Wildman–Crippen MR) is 45.5 cm³/mol. The molecule has 0 rings (SSSR count). The highest BCUT2D eigenvalue weighted by molar-refractivity contribution is 7.59. The Bertz CT molecular complexity index is 119. The second-order valence-electron chi connectivity index (χ2n) is 2.26. The maximum Gasteiger partial charge on any atom is 0.210 e. The van der Waals surface area contributed by atoms with Crippen molar-refractivity contribution in [1.82, 2.24) is 10.2 Å². The fourth-order valence-corrected chi connectivity index (χ4v) is 2.15. The molecule has 2 N–H and O–H groups in total. The lowest BCUT2D eigenvalue weighted by atomic mass is 10.4. The molecule has 0 aromatic rings. The number of hydrogen-bond acceptors (Lipinski definition) is 1. The highest BCUT2D eigenvalue weighted by atomic mass is 31.2. The van der Waals surface area contributed by atoms with E-state index in [4.69, 9.17) is 0 Å². The summed E-state index contributed by atoms with van der Waals surface area (Å²) in [5.74, 6) is 0. The molecule has 10 heavy (non-hydrogen) atoms. The van der Waals surface area contributed by atoms with E-state index in [1.807, 2.05) is 0 Å². The molecule has 4 heteroatoms. The Morgan fingerprint density at radius 3 is 2.10 bits per heavy atom. The lowest BCUT2D eigenvalue weighted by Gasteiger charge is -2.14. The maximum atomic E-state index is 11.5. The summed E-state index contributed by atoms with van der Waals surface area (Å²) in [5.41, 5.74) is 0. The topological polar surface area (TPSA) is 41.1 Å². The van der Waals surface area contributed by atoms with Crippen molar-refractivity contribution in [2.75, 3.05) is 20.3 Å². The van der Waals surface area contributed by atoms with Gasteiger partial charge in [0, 0.05) is 6.16 Å². The van der Waals surface area contributed by atoms with Crippen LogP contribution >= 0.6 is 7.44 Å². The summed E-state index contributed by atoms with van der Waals surface area (Å²) in [6, 6.07) is 0. The van der Waals surface area contributed by atoms with Gasteiger partial charge in [-0.3, -0.25) is 14.7 Å². The van der Waals surface area contributed by atoms with E-state index in [0.717, 1.165) is 19.0 Å². The third kappa shape index (κ3) is 3.35. The molecule has 0 amide bonds. The average Bonchev–Trinajstić information content (AvgIpc) is 2.00. The number of unbranched alkanes of at least 4 members (excludes halogenated alkanes) is 1. The molecule has 62 valence electrons. The fraction of sp³-hybridized carbons (Fsp3) is 1.00. The van der Waals surface area contributed by atoms with E-state index in [1.54, 1.807) is 14.1 Å². The van der Waals surface area contributed by atoms with Crippen LogP contribution in [0.15, 0.2) is 0 Å². The smallest absolute Gasteiger partial charge is 0.210 e. The van der Waals surface area contributed by atoms with Crippen LogP contribution in [0.4, 0.5) is 0 Å². The molecule has 0 atom stereocenters. The molecule has 0 saturated carbocycles. The molecule has 0 aliphatic rings. The van der Waals surface area contributed by atoms with E-state index < -0.39 is 7.44 Å². The van der Waals surface area contributed by atoms with Gasteiger partial charge in [-0.25, -0.2) is 0 Å². The van der Waals surface area contributed by atoms with E-state index >= 15 is 0 Å². The SMILES string of the molecule is CCCCP(=O)(NC)NC. The van der Waals surface area contributed by atoms with Crippen LogP contribution in [0.2, 0.25) is 0 Å². The molecular weight excluding hydrogens is 147 g/mol. The normalized spacial score (nSPS) is 11.9. The summed E-state index contributed by atoms with van der Waals surface area (Å²) in [6.07, 6.45) is 2.85. The minimum atomic E-state index is -2.20. The summed E-state index contributed by atoms with van der Waals surface area (Å²) in [7, 11) is 1.26. The van der Waals surface area contributed by atoms with Crippen molar-refractivity contribution < 1.29 is 4.57 Å². The molecule has 0 saturated heterocycles. The van der Waals surface area contributed by atoms with E-state index in [-0.39, 0.29) is 0 Å². The molecule has 0 unspecified atom stereocenters.